The van der Waals surface area contributed by atoms with Crippen molar-refractivity contribution in [2.75, 3.05) is 39.1 Å². The van der Waals surface area contributed by atoms with Gasteiger partial charge in [-0.3, -0.25) is 4.99 Å². The van der Waals surface area contributed by atoms with Crippen molar-refractivity contribution in [3.8, 4) is 0 Å². The van der Waals surface area contributed by atoms with E-state index < -0.39 is 15.5 Å². The minimum atomic E-state index is -5.26. The summed E-state index contributed by atoms with van der Waals surface area (Å²) in [7, 11) is 0.138. The Hall–Kier alpha value is -0.870. The molecule has 0 saturated carbocycles. The Morgan fingerprint density at radius 3 is 2.46 bits per heavy atom. The molecule has 1 aromatic rings. The molecule has 1 saturated heterocycles. The molecule has 28 heavy (non-hydrogen) atoms. The highest BCUT2D eigenvalue weighted by Crippen LogP contribution is 2.28. The van der Waals surface area contributed by atoms with Crippen molar-refractivity contribution in [3.05, 3.63) is 11.1 Å². The summed E-state index contributed by atoms with van der Waals surface area (Å²) in [5.41, 5.74) is -4.41. The van der Waals surface area contributed by atoms with E-state index in [1.54, 1.807) is 7.05 Å². The van der Waals surface area contributed by atoms with E-state index >= 15 is 0 Å². The number of anilines is 1. The maximum atomic E-state index is 12.6. The molecule has 0 amide bonds. The molecule has 0 aromatic carbocycles. The molecular weight excluding hydrogens is 532 g/mol. The molecule has 2 N–H and O–H groups in total. The highest BCUT2D eigenvalue weighted by molar-refractivity contribution is 14.0. The average Bonchev–Trinajstić information content (AvgIpc) is 3.07. The second kappa shape index (κ2) is 10.2. The highest BCUT2D eigenvalue weighted by Gasteiger charge is 2.50. The van der Waals surface area contributed by atoms with Crippen molar-refractivity contribution in [1.29, 1.82) is 0 Å². The minimum absolute atomic E-state index is 0. The number of alkyl halides is 3. The topological polar surface area (TPSA) is 89.9 Å². The van der Waals surface area contributed by atoms with Crippen LogP contribution in [0.25, 0.3) is 0 Å². The largest absolute Gasteiger partial charge is 0.511 e. The first-order valence-electron chi connectivity index (χ1n) is 8.20. The van der Waals surface area contributed by atoms with Crippen molar-refractivity contribution >= 4 is 56.4 Å². The molecule has 0 unspecified atom stereocenters. The Labute approximate surface area is 183 Å². The predicted molar refractivity (Wildman–Crippen MR) is 115 cm³/mol. The maximum absolute atomic E-state index is 12.6. The van der Waals surface area contributed by atoms with Gasteiger partial charge in [0.2, 0.25) is 0 Å². The lowest BCUT2D eigenvalue weighted by atomic mass is 10.1. The standard InChI is InChI=1S/C14H23F3N6O2S2.HI/c1-18-12(19-8-11-9-26-13(21-11)22(2)3)20-10-4-6-23(7-5-10)27(24,25)14(15,16)17;/h9-10H,4-8H2,1-3H3,(H2,18,19,20);1H. The lowest BCUT2D eigenvalue weighted by Gasteiger charge is -2.32. The van der Waals surface area contributed by atoms with Crippen LogP contribution < -0.4 is 15.5 Å². The van der Waals surface area contributed by atoms with Crippen molar-refractivity contribution in [3.63, 3.8) is 0 Å². The number of rotatable bonds is 5. The van der Waals surface area contributed by atoms with Crippen LogP contribution in [0, 0.1) is 0 Å². The molecule has 1 fully saturated rings. The Morgan fingerprint density at radius 1 is 1.39 bits per heavy atom. The van der Waals surface area contributed by atoms with E-state index in [9.17, 15) is 21.6 Å². The van der Waals surface area contributed by atoms with Crippen molar-refractivity contribution in [2.24, 2.45) is 4.99 Å². The quantitative estimate of drug-likeness (QED) is 0.327. The fourth-order valence-corrected chi connectivity index (χ4v) is 4.27. The van der Waals surface area contributed by atoms with Gasteiger partial charge in [0.05, 0.1) is 12.2 Å². The number of piperidine rings is 1. The first kappa shape index (κ1) is 25.2. The van der Waals surface area contributed by atoms with Gasteiger partial charge in [0, 0.05) is 45.7 Å². The molecule has 0 spiro atoms. The zero-order valence-corrected chi connectivity index (χ0v) is 19.6. The minimum Gasteiger partial charge on any atom is -0.354 e. The molecule has 8 nitrogen and oxygen atoms in total. The summed E-state index contributed by atoms with van der Waals surface area (Å²) in [5.74, 6) is 0.492. The van der Waals surface area contributed by atoms with E-state index in [0.29, 0.717) is 16.8 Å². The van der Waals surface area contributed by atoms with E-state index in [-0.39, 0.29) is 55.9 Å². The van der Waals surface area contributed by atoms with E-state index in [4.69, 9.17) is 0 Å². The molecule has 0 bridgehead atoms. The van der Waals surface area contributed by atoms with E-state index in [1.807, 2.05) is 24.4 Å². The number of aromatic nitrogens is 1. The number of nitrogens with zero attached hydrogens (tertiary/aromatic N) is 4. The lowest BCUT2D eigenvalue weighted by Crippen LogP contribution is -2.51. The van der Waals surface area contributed by atoms with Crippen LogP contribution in [0.5, 0.6) is 0 Å². The Balaban J connectivity index is 0.00000392. The van der Waals surface area contributed by atoms with Gasteiger partial charge in [0.15, 0.2) is 11.1 Å². The van der Waals surface area contributed by atoms with Crippen LogP contribution in [0.3, 0.4) is 0 Å². The number of aliphatic imine (C=N–C) groups is 1. The molecule has 1 aliphatic heterocycles. The molecule has 2 heterocycles. The first-order valence-corrected chi connectivity index (χ1v) is 10.5. The third kappa shape index (κ3) is 6.32. The summed E-state index contributed by atoms with van der Waals surface area (Å²) < 4.78 is 61.2. The van der Waals surface area contributed by atoms with Crippen LogP contribution in [-0.4, -0.2) is 69.4 Å². The normalized spacial score (nSPS) is 17.1. The molecule has 162 valence electrons. The number of nitrogens with one attached hydrogen (secondary N) is 2. The van der Waals surface area contributed by atoms with Crippen LogP contribution >= 0.6 is 35.3 Å². The predicted octanol–water partition coefficient (Wildman–Crippen LogP) is 1.81. The molecule has 0 atom stereocenters. The van der Waals surface area contributed by atoms with Gasteiger partial charge in [-0.15, -0.1) is 35.3 Å². The third-order valence-electron chi connectivity index (χ3n) is 4.01. The lowest BCUT2D eigenvalue weighted by molar-refractivity contribution is -0.0494. The van der Waals surface area contributed by atoms with Gasteiger partial charge in [-0.25, -0.2) is 13.4 Å². The fraction of sp³-hybridized carbons (Fsp3) is 0.714. The van der Waals surface area contributed by atoms with Crippen LogP contribution in [0.15, 0.2) is 10.4 Å². The van der Waals surface area contributed by atoms with Crippen LogP contribution in [-0.2, 0) is 16.6 Å². The summed E-state index contributed by atoms with van der Waals surface area (Å²) in [4.78, 5) is 10.4. The second-order valence-corrected chi connectivity index (χ2v) is 8.98. The van der Waals surface area contributed by atoms with Crippen molar-refractivity contribution < 1.29 is 21.6 Å². The summed E-state index contributed by atoms with van der Waals surface area (Å²) in [5, 5.41) is 9.03. The number of hydrogen-bond donors (Lipinski definition) is 2. The second-order valence-electron chi connectivity index (χ2n) is 6.21. The van der Waals surface area contributed by atoms with Crippen molar-refractivity contribution in [2.45, 2.75) is 30.9 Å². The molecule has 1 aromatic heterocycles. The molecule has 2 rings (SSSR count). The SMILES string of the molecule is CN=C(NCc1csc(N(C)C)n1)NC1CCN(S(=O)(=O)C(F)(F)F)CC1.I. The van der Waals surface area contributed by atoms with Crippen molar-refractivity contribution in [1.82, 2.24) is 19.9 Å². The van der Waals surface area contributed by atoms with Gasteiger partial charge in [-0.1, -0.05) is 0 Å². The summed E-state index contributed by atoms with van der Waals surface area (Å²) in [6.45, 7) is 0.0783. The van der Waals surface area contributed by atoms with Gasteiger partial charge < -0.3 is 15.5 Å². The number of halogens is 4. The molecule has 1 aliphatic rings. The highest BCUT2D eigenvalue weighted by atomic mass is 127. The van der Waals surface area contributed by atoms with Gasteiger partial charge in [-0.05, 0) is 12.8 Å². The monoisotopic (exact) mass is 556 g/mol. The smallest absolute Gasteiger partial charge is 0.354 e. The third-order valence-corrected chi connectivity index (χ3v) is 6.70. The Kier molecular flexibility index (Phi) is 9.21. The van der Waals surface area contributed by atoms with Crippen LogP contribution in [0.1, 0.15) is 18.5 Å². The van der Waals surface area contributed by atoms with Gasteiger partial charge in [0.1, 0.15) is 0 Å². The molecule has 0 radical (unpaired) electrons. The van der Waals surface area contributed by atoms with E-state index in [1.165, 1.54) is 11.3 Å². The maximum Gasteiger partial charge on any atom is 0.511 e. The molecule has 0 aliphatic carbocycles. The van der Waals surface area contributed by atoms with Crippen LogP contribution in [0.4, 0.5) is 18.3 Å². The Morgan fingerprint density at radius 2 is 2.00 bits per heavy atom. The number of hydrogen-bond acceptors (Lipinski definition) is 6. The number of guanidine groups is 1. The number of thiazole rings is 1. The summed E-state index contributed by atoms with van der Waals surface area (Å²) >= 11 is 1.52. The fourth-order valence-electron chi connectivity index (χ4n) is 2.53. The zero-order valence-electron chi connectivity index (χ0n) is 15.7. The molecular formula is C14H24F3IN6O2S2. The van der Waals surface area contributed by atoms with Gasteiger partial charge in [0.25, 0.3) is 0 Å². The average molecular weight is 556 g/mol. The number of sulfonamides is 1. The summed E-state index contributed by atoms with van der Waals surface area (Å²) in [6, 6.07) is -0.163. The molecule has 14 heteroatoms. The van der Waals surface area contributed by atoms with Gasteiger partial charge >= 0.3 is 15.5 Å². The van der Waals surface area contributed by atoms with Gasteiger partial charge in [-0.2, -0.15) is 17.5 Å². The summed E-state index contributed by atoms with van der Waals surface area (Å²) in [6.07, 6.45) is 0.523. The Bertz CT molecular complexity index is 761. The van der Waals surface area contributed by atoms with E-state index in [0.717, 1.165) is 10.8 Å². The van der Waals surface area contributed by atoms with Crippen LogP contribution in [0.2, 0.25) is 0 Å². The zero-order chi connectivity index (χ0) is 20.2. The first-order chi connectivity index (χ1) is 12.5. The van der Waals surface area contributed by atoms with E-state index in [2.05, 4.69) is 20.6 Å².